The quantitative estimate of drug-likeness (QED) is 0.0386. The van der Waals surface area contributed by atoms with E-state index >= 15 is 0 Å². The smallest absolute Gasteiger partial charge is 0.273 e. The van der Waals surface area contributed by atoms with Gasteiger partial charge in [0.25, 0.3) is 5.69 Å². The van der Waals surface area contributed by atoms with Crippen molar-refractivity contribution in [2.75, 3.05) is 43.5 Å². The molecule has 0 unspecified atom stereocenters. The highest BCUT2D eigenvalue weighted by Gasteiger charge is 2.68. The van der Waals surface area contributed by atoms with Crippen molar-refractivity contribution in [3.05, 3.63) is 93.3 Å². The first-order valence-corrected chi connectivity index (χ1v) is 23.3. The number of ether oxygens (including phenoxy) is 2. The number of pyridine rings is 1. The molecule has 322 valence electrons. The molecule has 0 radical (unpaired) electrons. The maximum Gasteiger partial charge on any atom is 0.273 e. The number of aromatic nitrogens is 2. The van der Waals surface area contributed by atoms with Crippen molar-refractivity contribution in [2.45, 2.75) is 102 Å². The lowest BCUT2D eigenvalue weighted by molar-refractivity contribution is -0.385. The summed E-state index contributed by atoms with van der Waals surface area (Å²) in [5.41, 5.74) is 11.9. The molecule has 2 bridgehead atoms. The minimum Gasteiger partial charge on any atom is -0.455 e. The van der Waals surface area contributed by atoms with Crippen LogP contribution in [0.2, 0.25) is 0 Å². The number of nitrogens with zero attached hydrogens (tertiary/aromatic N) is 3. The molecule has 4 fully saturated rings. The summed E-state index contributed by atoms with van der Waals surface area (Å²) in [6.07, 6.45) is 13.7. The number of nitro benzene ring substituents is 1. The molecule has 12 nitrogen and oxygen atoms in total. The van der Waals surface area contributed by atoms with Crippen molar-refractivity contribution in [3.8, 4) is 11.5 Å². The maximum atomic E-state index is 13.6. The third-order valence-corrected chi connectivity index (χ3v) is 15.1. The number of carbonyl (C=O) groups excluding carboxylic acids is 1. The molecule has 4 aromatic rings. The molecule has 3 heterocycles. The van der Waals surface area contributed by atoms with Crippen LogP contribution in [-0.4, -0.2) is 72.6 Å². The average molecular weight is 861 g/mol. The molecule has 0 amide bonds. The molecule has 1 aliphatic heterocycles. The molecule has 0 spiro atoms. The Hall–Kier alpha value is -4.30. The SMILES string of the molecule is CC1(C)CCC(CN)=C(C23CC(Cl)(C2)C3)C1.CCN(CC)c1ccc(C(=O)CS(=O)(=O)c2ccc(CCC3CCOCC3)c([N+](=O)[O-])c2)c(Oc2cnc3[nH]ccc3c2)c1. The zero-order chi connectivity index (χ0) is 42.9. The van der Waals surface area contributed by atoms with Crippen LogP contribution in [0, 0.1) is 26.9 Å². The number of nitro groups is 1. The standard InChI is InChI=1S/C32H36N4O7S.C14H22ClN/c1-3-35(4-2)25-8-10-28(31(18-25)43-26-17-24-11-14-33-32(24)34-20-26)30(37)21-44(40,41)27-9-7-23(29(19-27)36(38)39)6-5-22-12-15-42-16-13-22;1-12(2)4-3-10(6-16)11(5-12)13-7-14(15,8-13)9-13/h7-11,14,17-20,22H,3-6,12-13,15-16,21H2,1-2H3,(H,33,34);3-9,16H2,1-2H3. The minimum atomic E-state index is -4.22. The Morgan fingerprint density at radius 2 is 1.82 bits per heavy atom. The van der Waals surface area contributed by atoms with Gasteiger partial charge in [0.1, 0.15) is 22.9 Å². The molecule has 2 aromatic carbocycles. The fraction of sp³-hybridized carbons (Fsp3) is 0.522. The largest absolute Gasteiger partial charge is 0.455 e. The van der Waals surface area contributed by atoms with E-state index in [0.717, 1.165) is 56.0 Å². The third-order valence-electron chi connectivity index (χ3n) is 13.1. The van der Waals surface area contributed by atoms with Gasteiger partial charge in [0.05, 0.1) is 21.6 Å². The number of sulfone groups is 1. The summed E-state index contributed by atoms with van der Waals surface area (Å²) in [4.78, 5) is 34.3. The van der Waals surface area contributed by atoms with Gasteiger partial charge in [0, 0.05) is 72.7 Å². The first-order chi connectivity index (χ1) is 28.6. The summed E-state index contributed by atoms with van der Waals surface area (Å²) in [5.74, 6) is -0.567. The number of ketones is 1. The molecule has 2 aromatic heterocycles. The van der Waals surface area contributed by atoms with Crippen LogP contribution in [0.4, 0.5) is 11.4 Å². The first kappa shape index (κ1) is 43.8. The van der Waals surface area contributed by atoms with Gasteiger partial charge in [-0.3, -0.25) is 14.9 Å². The molecule has 5 aliphatic rings. The number of hydrogen-bond donors (Lipinski definition) is 2. The van der Waals surface area contributed by atoms with Crippen LogP contribution < -0.4 is 15.4 Å². The Balaban J connectivity index is 0.000000281. The van der Waals surface area contributed by atoms with Crippen LogP contribution in [0.1, 0.15) is 101 Å². The Bertz CT molecular complexity index is 2360. The maximum absolute atomic E-state index is 13.6. The number of alkyl halides is 1. The van der Waals surface area contributed by atoms with Gasteiger partial charge >= 0.3 is 0 Å². The van der Waals surface area contributed by atoms with E-state index < -0.39 is 26.3 Å². The second-order valence-electron chi connectivity index (χ2n) is 18.0. The number of carbonyl (C=O) groups is 1. The van der Waals surface area contributed by atoms with Crippen LogP contribution in [0.5, 0.6) is 11.5 Å². The molecule has 0 atom stereocenters. The van der Waals surface area contributed by atoms with Crippen LogP contribution >= 0.6 is 11.6 Å². The predicted molar refractivity (Wildman–Crippen MR) is 236 cm³/mol. The highest BCUT2D eigenvalue weighted by Crippen LogP contribution is 2.75. The minimum absolute atomic E-state index is 0.0845. The van der Waals surface area contributed by atoms with Crippen molar-refractivity contribution < 1.29 is 27.6 Å². The molecule has 4 aliphatic carbocycles. The Kier molecular flexibility index (Phi) is 12.8. The van der Waals surface area contributed by atoms with Gasteiger partial charge in [-0.05, 0) is 125 Å². The van der Waals surface area contributed by atoms with Crippen LogP contribution in [-0.2, 0) is 21.0 Å². The van der Waals surface area contributed by atoms with Crippen LogP contribution in [0.15, 0.2) is 77.0 Å². The summed E-state index contributed by atoms with van der Waals surface area (Å²) >= 11 is 6.39. The van der Waals surface area contributed by atoms with Gasteiger partial charge in [-0.1, -0.05) is 31.1 Å². The number of Topliss-reactive ketones (excluding diaryl/α,β-unsaturated/α-hetero) is 1. The van der Waals surface area contributed by atoms with E-state index in [1.165, 1.54) is 56.9 Å². The van der Waals surface area contributed by atoms with Gasteiger partial charge in [0.2, 0.25) is 0 Å². The number of allylic oxidation sites excluding steroid dienone is 1. The second kappa shape index (κ2) is 17.6. The van der Waals surface area contributed by atoms with Gasteiger partial charge in [-0.2, -0.15) is 0 Å². The number of benzene rings is 2. The van der Waals surface area contributed by atoms with Crippen molar-refractivity contribution in [1.82, 2.24) is 9.97 Å². The monoisotopic (exact) mass is 859 g/mol. The van der Waals surface area contributed by atoms with E-state index in [9.17, 15) is 23.3 Å². The lowest BCUT2D eigenvalue weighted by Gasteiger charge is -2.70. The molecule has 3 N–H and O–H groups in total. The highest BCUT2D eigenvalue weighted by atomic mass is 35.5. The molecule has 9 rings (SSSR count). The molecular formula is C46H58ClN5O7S. The second-order valence-corrected chi connectivity index (χ2v) is 20.7. The van der Waals surface area contributed by atoms with Gasteiger partial charge in [-0.15, -0.1) is 11.6 Å². The number of hydrogen-bond acceptors (Lipinski definition) is 10. The number of anilines is 1. The summed E-state index contributed by atoms with van der Waals surface area (Å²) < 4.78 is 38.4. The lowest BCUT2D eigenvalue weighted by atomic mass is 9.39. The Labute approximate surface area is 358 Å². The first-order valence-electron chi connectivity index (χ1n) is 21.3. The number of H-pyrrole nitrogens is 1. The van der Waals surface area contributed by atoms with Crippen molar-refractivity contribution >= 4 is 49.6 Å². The molecule has 14 heteroatoms. The van der Waals surface area contributed by atoms with E-state index in [1.807, 2.05) is 19.9 Å². The lowest BCUT2D eigenvalue weighted by Crippen LogP contribution is -2.65. The molecule has 3 saturated carbocycles. The average Bonchev–Trinajstić information content (AvgIpc) is 3.67. The Morgan fingerprint density at radius 1 is 1.08 bits per heavy atom. The number of nitrogens with one attached hydrogen (secondary N) is 1. The number of nitrogens with two attached hydrogens (primary N) is 1. The fourth-order valence-electron chi connectivity index (χ4n) is 9.66. The topological polar surface area (TPSA) is 171 Å². The Morgan fingerprint density at radius 3 is 2.48 bits per heavy atom. The molecular weight excluding hydrogens is 802 g/mol. The van der Waals surface area contributed by atoms with Crippen molar-refractivity contribution in [3.63, 3.8) is 0 Å². The normalized spacial score (nSPS) is 22.3. The fourth-order valence-corrected chi connectivity index (χ4v) is 11.7. The van der Waals surface area contributed by atoms with Gasteiger partial charge < -0.3 is 25.1 Å². The summed E-state index contributed by atoms with van der Waals surface area (Å²) in [7, 11) is -4.22. The van der Waals surface area contributed by atoms with Crippen molar-refractivity contribution in [2.24, 2.45) is 22.5 Å². The van der Waals surface area contributed by atoms with E-state index in [0.29, 0.717) is 53.3 Å². The zero-order valence-corrected chi connectivity index (χ0v) is 36.8. The number of aromatic amines is 1. The van der Waals surface area contributed by atoms with E-state index in [2.05, 4.69) is 28.7 Å². The van der Waals surface area contributed by atoms with Crippen molar-refractivity contribution in [1.29, 1.82) is 0 Å². The summed E-state index contributed by atoms with van der Waals surface area (Å²) in [5, 5.41) is 12.7. The summed E-state index contributed by atoms with van der Waals surface area (Å²) in [6.45, 7) is 12.4. The van der Waals surface area contributed by atoms with Gasteiger partial charge in [-0.25, -0.2) is 13.4 Å². The zero-order valence-electron chi connectivity index (χ0n) is 35.2. The summed E-state index contributed by atoms with van der Waals surface area (Å²) in [6, 6.07) is 12.6. The number of rotatable bonds is 15. The predicted octanol–water partition coefficient (Wildman–Crippen LogP) is 9.74. The van der Waals surface area contributed by atoms with Crippen LogP contribution in [0.3, 0.4) is 0 Å². The third kappa shape index (κ3) is 9.44. The van der Waals surface area contributed by atoms with Gasteiger partial charge in [0.15, 0.2) is 15.6 Å². The highest BCUT2D eigenvalue weighted by molar-refractivity contribution is 7.92. The van der Waals surface area contributed by atoms with E-state index in [1.54, 1.807) is 41.6 Å². The molecule has 1 saturated heterocycles. The number of aryl methyl sites for hydroxylation is 1. The number of halogens is 1. The number of fused-ring (bicyclic) bond motifs is 1. The van der Waals surface area contributed by atoms with E-state index in [-0.39, 0.29) is 26.8 Å². The molecule has 60 heavy (non-hydrogen) atoms. The van der Waals surface area contributed by atoms with E-state index in [4.69, 9.17) is 26.8 Å². The van der Waals surface area contributed by atoms with Crippen LogP contribution in [0.25, 0.3) is 11.0 Å².